The van der Waals surface area contributed by atoms with Gasteiger partial charge in [0.15, 0.2) is 0 Å². The molecule has 0 aromatic carbocycles. The number of hydrogen-bond donors (Lipinski definition) is 2. The van der Waals surface area contributed by atoms with E-state index in [1.165, 1.54) is 25.7 Å². The van der Waals surface area contributed by atoms with Crippen molar-refractivity contribution < 1.29 is 9.53 Å². The first-order valence-corrected chi connectivity index (χ1v) is 6.39. The molecule has 0 atom stereocenters. The zero-order chi connectivity index (χ0) is 11.4. The van der Waals surface area contributed by atoms with Crippen LogP contribution < -0.4 is 11.1 Å². The van der Waals surface area contributed by atoms with E-state index >= 15 is 0 Å². The molecule has 2 saturated carbocycles. The van der Waals surface area contributed by atoms with Crippen LogP contribution >= 0.6 is 0 Å². The van der Waals surface area contributed by atoms with Crippen molar-refractivity contribution in [1.29, 1.82) is 0 Å². The average Bonchev–Trinajstić information content (AvgIpc) is 2.73. The maximum atomic E-state index is 11.7. The first-order chi connectivity index (χ1) is 7.71. The molecule has 0 heterocycles. The highest BCUT2D eigenvalue weighted by Gasteiger charge is 2.39. The van der Waals surface area contributed by atoms with Gasteiger partial charge in [-0.1, -0.05) is 12.8 Å². The summed E-state index contributed by atoms with van der Waals surface area (Å²) in [5.41, 5.74) is 5.32. The molecule has 4 heteroatoms. The third-order valence-corrected chi connectivity index (χ3v) is 3.74. The van der Waals surface area contributed by atoms with Crippen molar-refractivity contribution in [3.8, 4) is 0 Å². The molecule has 0 aromatic heterocycles. The normalized spacial score (nSPS) is 24.1. The standard InChI is InChI=1S/C12H22N2O2/c13-12(6-3-7-12)11(15)14-8-9-16-10-4-1-2-5-10/h10H,1-9,13H2,(H,14,15). The van der Waals surface area contributed by atoms with Crippen LogP contribution in [-0.4, -0.2) is 30.7 Å². The van der Waals surface area contributed by atoms with Crippen LogP contribution in [0.4, 0.5) is 0 Å². The molecule has 3 N–H and O–H groups in total. The van der Waals surface area contributed by atoms with Crippen LogP contribution in [0.5, 0.6) is 0 Å². The Hall–Kier alpha value is -0.610. The number of nitrogens with two attached hydrogens (primary N) is 1. The Morgan fingerprint density at radius 2 is 2.00 bits per heavy atom. The number of rotatable bonds is 5. The van der Waals surface area contributed by atoms with E-state index < -0.39 is 5.54 Å². The van der Waals surface area contributed by atoms with Crippen LogP contribution in [0.25, 0.3) is 0 Å². The van der Waals surface area contributed by atoms with E-state index in [4.69, 9.17) is 10.5 Å². The maximum absolute atomic E-state index is 11.7. The lowest BCUT2D eigenvalue weighted by Gasteiger charge is -2.36. The third-order valence-electron chi connectivity index (χ3n) is 3.74. The molecule has 1 amide bonds. The van der Waals surface area contributed by atoms with E-state index in [-0.39, 0.29) is 5.91 Å². The maximum Gasteiger partial charge on any atom is 0.240 e. The van der Waals surface area contributed by atoms with Gasteiger partial charge in [0, 0.05) is 6.54 Å². The van der Waals surface area contributed by atoms with Gasteiger partial charge in [0.1, 0.15) is 0 Å². The van der Waals surface area contributed by atoms with Gasteiger partial charge in [-0.15, -0.1) is 0 Å². The summed E-state index contributed by atoms with van der Waals surface area (Å²) in [6, 6.07) is 0. The van der Waals surface area contributed by atoms with Gasteiger partial charge in [0.25, 0.3) is 0 Å². The summed E-state index contributed by atoms with van der Waals surface area (Å²) in [5, 5.41) is 2.86. The molecule has 0 saturated heterocycles. The van der Waals surface area contributed by atoms with Crippen molar-refractivity contribution in [2.24, 2.45) is 5.73 Å². The minimum absolute atomic E-state index is 0.00577. The highest BCUT2D eigenvalue weighted by Crippen LogP contribution is 2.28. The summed E-state index contributed by atoms with van der Waals surface area (Å²) < 4.78 is 5.66. The molecule has 0 aliphatic heterocycles. The molecule has 0 spiro atoms. The molecule has 0 radical (unpaired) electrons. The van der Waals surface area contributed by atoms with E-state index in [1.54, 1.807) is 0 Å². The van der Waals surface area contributed by atoms with Crippen LogP contribution in [0, 0.1) is 0 Å². The number of carbonyl (C=O) groups is 1. The predicted molar refractivity (Wildman–Crippen MR) is 62.0 cm³/mol. The Labute approximate surface area is 96.9 Å². The molecule has 2 fully saturated rings. The van der Waals surface area contributed by atoms with Gasteiger partial charge in [0.05, 0.1) is 18.2 Å². The van der Waals surface area contributed by atoms with Gasteiger partial charge < -0.3 is 15.8 Å². The highest BCUT2D eigenvalue weighted by atomic mass is 16.5. The number of nitrogens with one attached hydrogen (secondary N) is 1. The molecule has 0 unspecified atom stereocenters. The topological polar surface area (TPSA) is 64.4 Å². The molecule has 2 rings (SSSR count). The summed E-state index contributed by atoms with van der Waals surface area (Å²) in [6.45, 7) is 1.21. The first kappa shape index (κ1) is 11.9. The summed E-state index contributed by atoms with van der Waals surface area (Å²) in [4.78, 5) is 11.7. The fourth-order valence-electron chi connectivity index (χ4n) is 2.41. The second kappa shape index (κ2) is 5.15. The van der Waals surface area contributed by atoms with Crippen LogP contribution in [0.2, 0.25) is 0 Å². The van der Waals surface area contributed by atoms with Gasteiger partial charge >= 0.3 is 0 Å². The van der Waals surface area contributed by atoms with Crippen LogP contribution in [0.1, 0.15) is 44.9 Å². The Morgan fingerprint density at radius 3 is 2.56 bits per heavy atom. The molecule has 2 aliphatic rings. The molecule has 92 valence electrons. The molecule has 2 aliphatic carbocycles. The highest BCUT2D eigenvalue weighted by molar-refractivity contribution is 5.86. The second-order valence-corrected chi connectivity index (χ2v) is 5.04. The molecular formula is C12H22N2O2. The van der Waals surface area contributed by atoms with E-state index in [2.05, 4.69) is 5.32 Å². The SMILES string of the molecule is NC1(C(=O)NCCOC2CCCC2)CCC1. The van der Waals surface area contributed by atoms with E-state index in [0.717, 1.165) is 19.3 Å². The molecular weight excluding hydrogens is 204 g/mol. The lowest BCUT2D eigenvalue weighted by Crippen LogP contribution is -2.58. The average molecular weight is 226 g/mol. The van der Waals surface area contributed by atoms with Gasteiger partial charge in [-0.3, -0.25) is 4.79 Å². The van der Waals surface area contributed by atoms with Crippen molar-refractivity contribution in [1.82, 2.24) is 5.32 Å². The summed E-state index contributed by atoms with van der Waals surface area (Å²) in [7, 11) is 0. The molecule has 0 aromatic rings. The minimum atomic E-state index is -0.576. The van der Waals surface area contributed by atoms with Crippen molar-refractivity contribution in [3.05, 3.63) is 0 Å². The third kappa shape index (κ3) is 2.74. The van der Waals surface area contributed by atoms with Crippen molar-refractivity contribution in [2.45, 2.75) is 56.6 Å². The zero-order valence-electron chi connectivity index (χ0n) is 9.84. The number of carbonyl (C=O) groups excluding carboxylic acids is 1. The number of ether oxygens (including phenoxy) is 1. The van der Waals surface area contributed by atoms with Crippen molar-refractivity contribution >= 4 is 5.91 Å². The van der Waals surface area contributed by atoms with Gasteiger partial charge in [-0.2, -0.15) is 0 Å². The Bertz CT molecular complexity index is 245. The van der Waals surface area contributed by atoms with E-state index in [1.807, 2.05) is 0 Å². The first-order valence-electron chi connectivity index (χ1n) is 6.39. The molecule has 16 heavy (non-hydrogen) atoms. The van der Waals surface area contributed by atoms with Crippen LogP contribution in [0.15, 0.2) is 0 Å². The Balaban J connectivity index is 1.55. The largest absolute Gasteiger partial charge is 0.376 e. The van der Waals surface area contributed by atoms with Gasteiger partial charge in [-0.05, 0) is 32.1 Å². The lowest BCUT2D eigenvalue weighted by atomic mass is 9.77. The minimum Gasteiger partial charge on any atom is -0.376 e. The number of amides is 1. The van der Waals surface area contributed by atoms with Crippen LogP contribution in [-0.2, 0) is 9.53 Å². The van der Waals surface area contributed by atoms with Crippen molar-refractivity contribution in [2.75, 3.05) is 13.2 Å². The fraction of sp³-hybridized carbons (Fsp3) is 0.917. The quantitative estimate of drug-likeness (QED) is 0.686. The number of hydrogen-bond acceptors (Lipinski definition) is 3. The summed E-state index contributed by atoms with van der Waals surface area (Å²) >= 11 is 0. The van der Waals surface area contributed by atoms with E-state index in [9.17, 15) is 4.79 Å². The fourth-order valence-corrected chi connectivity index (χ4v) is 2.41. The Morgan fingerprint density at radius 1 is 1.31 bits per heavy atom. The van der Waals surface area contributed by atoms with Crippen molar-refractivity contribution in [3.63, 3.8) is 0 Å². The monoisotopic (exact) mass is 226 g/mol. The van der Waals surface area contributed by atoms with Gasteiger partial charge in [0.2, 0.25) is 5.91 Å². The Kier molecular flexibility index (Phi) is 3.82. The molecule has 0 bridgehead atoms. The van der Waals surface area contributed by atoms with Crippen LogP contribution in [0.3, 0.4) is 0 Å². The smallest absolute Gasteiger partial charge is 0.240 e. The summed E-state index contributed by atoms with van der Waals surface area (Å²) in [5.74, 6) is -0.00577. The predicted octanol–water partition coefficient (Wildman–Crippen LogP) is 0.943. The van der Waals surface area contributed by atoms with Gasteiger partial charge in [-0.25, -0.2) is 0 Å². The van der Waals surface area contributed by atoms with E-state index in [0.29, 0.717) is 19.3 Å². The lowest BCUT2D eigenvalue weighted by molar-refractivity contribution is -0.129. The molecule has 4 nitrogen and oxygen atoms in total. The zero-order valence-corrected chi connectivity index (χ0v) is 9.84. The second-order valence-electron chi connectivity index (χ2n) is 5.04. The summed E-state index contributed by atoms with van der Waals surface area (Å²) in [6.07, 6.45) is 8.05.